The fourth-order valence-corrected chi connectivity index (χ4v) is 1.80. The first kappa shape index (κ1) is 13.8. The van der Waals surface area contributed by atoms with Crippen LogP contribution >= 0.6 is 11.6 Å². The normalized spacial score (nSPS) is 10.3. The summed E-state index contributed by atoms with van der Waals surface area (Å²) in [7, 11) is 1.87. The fourth-order valence-electron chi connectivity index (χ4n) is 1.64. The van der Waals surface area contributed by atoms with Crippen molar-refractivity contribution in [1.29, 1.82) is 0 Å². The minimum atomic E-state index is -0.353. The number of halogens is 1. The van der Waals surface area contributed by atoms with Gasteiger partial charge in [-0.15, -0.1) is 11.6 Å². The molecular weight excluding hydrogens is 240 g/mol. The fraction of sp³-hybridized carbons (Fsp3) is 0.500. The van der Waals surface area contributed by atoms with Gasteiger partial charge < -0.3 is 4.90 Å². The van der Waals surface area contributed by atoms with E-state index in [-0.39, 0.29) is 10.6 Å². The van der Waals surface area contributed by atoms with Crippen molar-refractivity contribution in [3.8, 4) is 0 Å². The summed E-state index contributed by atoms with van der Waals surface area (Å²) in [5, 5.41) is 11.0. The molecule has 0 N–H and O–H groups in total. The third kappa shape index (κ3) is 3.60. The van der Waals surface area contributed by atoms with Gasteiger partial charge in [0, 0.05) is 25.5 Å². The summed E-state index contributed by atoms with van der Waals surface area (Å²) in [4.78, 5) is 12.6. The SMILES string of the molecule is CCCCN(C)c1ccc(CCl)cc1[N+](=O)[O-]. The molecule has 1 aromatic carbocycles. The Hall–Kier alpha value is -1.29. The average molecular weight is 257 g/mol. The van der Waals surface area contributed by atoms with Crippen LogP contribution in [0.2, 0.25) is 0 Å². The molecule has 0 aliphatic rings. The van der Waals surface area contributed by atoms with Gasteiger partial charge >= 0.3 is 0 Å². The van der Waals surface area contributed by atoms with E-state index in [9.17, 15) is 10.1 Å². The Labute approximate surface area is 106 Å². The Kier molecular flexibility index (Phi) is 5.22. The van der Waals surface area contributed by atoms with E-state index in [0.29, 0.717) is 11.6 Å². The number of hydrogen-bond acceptors (Lipinski definition) is 3. The van der Waals surface area contributed by atoms with E-state index in [1.54, 1.807) is 12.1 Å². The molecule has 0 aliphatic carbocycles. The highest BCUT2D eigenvalue weighted by atomic mass is 35.5. The van der Waals surface area contributed by atoms with Crippen LogP contribution in [0.25, 0.3) is 0 Å². The molecular formula is C12H17ClN2O2. The number of nitrogens with zero attached hydrogens (tertiary/aromatic N) is 2. The smallest absolute Gasteiger partial charge is 0.292 e. The first-order valence-electron chi connectivity index (χ1n) is 5.64. The topological polar surface area (TPSA) is 46.4 Å². The van der Waals surface area contributed by atoms with Gasteiger partial charge in [-0.3, -0.25) is 10.1 Å². The van der Waals surface area contributed by atoms with E-state index < -0.39 is 0 Å². The largest absolute Gasteiger partial charge is 0.369 e. The van der Waals surface area contributed by atoms with Gasteiger partial charge in [0.2, 0.25) is 0 Å². The first-order chi connectivity index (χ1) is 8.10. The van der Waals surface area contributed by atoms with Gasteiger partial charge in [-0.2, -0.15) is 0 Å². The van der Waals surface area contributed by atoms with Crippen LogP contribution in [0.3, 0.4) is 0 Å². The van der Waals surface area contributed by atoms with Crippen LogP contribution in [-0.4, -0.2) is 18.5 Å². The molecule has 1 rings (SSSR count). The predicted octanol–water partition coefficient (Wildman–Crippen LogP) is 3.57. The van der Waals surface area contributed by atoms with Crippen molar-refractivity contribution >= 4 is 23.0 Å². The number of nitro groups is 1. The van der Waals surface area contributed by atoms with Crippen molar-refractivity contribution in [3.63, 3.8) is 0 Å². The van der Waals surface area contributed by atoms with Crippen molar-refractivity contribution < 1.29 is 4.92 Å². The lowest BCUT2D eigenvalue weighted by atomic mass is 10.1. The standard InChI is InChI=1S/C12H17ClN2O2/c1-3-4-7-14(2)11-6-5-10(9-13)8-12(11)15(16)17/h5-6,8H,3-4,7,9H2,1-2H3. The molecule has 0 amide bonds. The summed E-state index contributed by atoms with van der Waals surface area (Å²) in [6.07, 6.45) is 2.09. The zero-order valence-electron chi connectivity index (χ0n) is 10.1. The molecule has 0 unspecified atom stereocenters. The van der Waals surface area contributed by atoms with Crippen LogP contribution in [-0.2, 0) is 5.88 Å². The van der Waals surface area contributed by atoms with E-state index in [0.717, 1.165) is 24.9 Å². The summed E-state index contributed by atoms with van der Waals surface area (Å²) >= 11 is 5.68. The van der Waals surface area contributed by atoms with Gasteiger partial charge in [0.15, 0.2) is 0 Å². The quantitative estimate of drug-likeness (QED) is 0.444. The predicted molar refractivity (Wildman–Crippen MR) is 70.8 cm³/mol. The zero-order valence-corrected chi connectivity index (χ0v) is 10.9. The molecule has 0 saturated carbocycles. The van der Waals surface area contributed by atoms with Crippen LogP contribution in [0, 0.1) is 10.1 Å². The molecule has 0 fully saturated rings. The first-order valence-corrected chi connectivity index (χ1v) is 6.18. The average Bonchev–Trinajstić information content (AvgIpc) is 2.35. The molecule has 0 atom stereocenters. The monoisotopic (exact) mass is 256 g/mol. The second-order valence-electron chi connectivity index (χ2n) is 3.99. The van der Waals surface area contributed by atoms with Gasteiger partial charge in [0.1, 0.15) is 5.69 Å². The summed E-state index contributed by atoms with van der Waals surface area (Å²) in [6.45, 7) is 2.91. The minimum Gasteiger partial charge on any atom is -0.369 e. The third-order valence-electron chi connectivity index (χ3n) is 2.65. The maximum absolute atomic E-state index is 11.0. The Bertz CT molecular complexity index is 396. The molecule has 5 heteroatoms. The molecule has 1 aromatic rings. The van der Waals surface area contributed by atoms with Crippen molar-refractivity contribution in [1.82, 2.24) is 0 Å². The number of anilines is 1. The number of benzene rings is 1. The number of nitro benzene ring substituents is 1. The molecule has 0 spiro atoms. The third-order valence-corrected chi connectivity index (χ3v) is 2.96. The van der Waals surface area contributed by atoms with E-state index in [1.807, 2.05) is 18.0 Å². The van der Waals surface area contributed by atoms with Crippen molar-refractivity contribution in [2.24, 2.45) is 0 Å². The minimum absolute atomic E-state index is 0.127. The van der Waals surface area contributed by atoms with E-state index in [2.05, 4.69) is 6.92 Å². The number of alkyl halides is 1. The van der Waals surface area contributed by atoms with Gasteiger partial charge in [0.05, 0.1) is 4.92 Å². The lowest BCUT2D eigenvalue weighted by Crippen LogP contribution is -2.19. The molecule has 94 valence electrons. The Balaban J connectivity index is 3.01. The molecule has 0 aromatic heterocycles. The van der Waals surface area contributed by atoms with Crippen molar-refractivity contribution in [2.75, 3.05) is 18.5 Å². The highest BCUT2D eigenvalue weighted by Gasteiger charge is 2.17. The number of rotatable bonds is 6. The van der Waals surface area contributed by atoms with Crippen LogP contribution in [0.15, 0.2) is 18.2 Å². The second kappa shape index (κ2) is 6.45. The van der Waals surface area contributed by atoms with Crippen LogP contribution in [0.1, 0.15) is 25.3 Å². The Morgan fingerprint density at radius 2 is 2.18 bits per heavy atom. The van der Waals surface area contributed by atoms with Gasteiger partial charge in [-0.25, -0.2) is 0 Å². The van der Waals surface area contributed by atoms with Gasteiger partial charge in [-0.05, 0) is 18.1 Å². The van der Waals surface area contributed by atoms with Crippen LogP contribution in [0.5, 0.6) is 0 Å². The van der Waals surface area contributed by atoms with Crippen molar-refractivity contribution in [2.45, 2.75) is 25.6 Å². The highest BCUT2D eigenvalue weighted by Crippen LogP contribution is 2.29. The lowest BCUT2D eigenvalue weighted by molar-refractivity contribution is -0.384. The van der Waals surface area contributed by atoms with Crippen LogP contribution in [0.4, 0.5) is 11.4 Å². The van der Waals surface area contributed by atoms with Gasteiger partial charge in [0.25, 0.3) is 5.69 Å². The molecule has 0 aliphatic heterocycles. The van der Waals surface area contributed by atoms with E-state index in [1.165, 1.54) is 0 Å². The molecule has 0 heterocycles. The van der Waals surface area contributed by atoms with Gasteiger partial charge in [-0.1, -0.05) is 19.4 Å². The zero-order chi connectivity index (χ0) is 12.8. The lowest BCUT2D eigenvalue weighted by Gasteiger charge is -2.19. The van der Waals surface area contributed by atoms with E-state index >= 15 is 0 Å². The molecule has 4 nitrogen and oxygen atoms in total. The maximum atomic E-state index is 11.0. The van der Waals surface area contributed by atoms with Crippen molar-refractivity contribution in [3.05, 3.63) is 33.9 Å². The molecule has 0 saturated heterocycles. The highest BCUT2D eigenvalue weighted by molar-refractivity contribution is 6.17. The maximum Gasteiger partial charge on any atom is 0.292 e. The Morgan fingerprint density at radius 1 is 1.47 bits per heavy atom. The molecule has 0 radical (unpaired) electrons. The number of unbranched alkanes of at least 4 members (excludes halogenated alkanes) is 1. The van der Waals surface area contributed by atoms with E-state index in [4.69, 9.17) is 11.6 Å². The Morgan fingerprint density at radius 3 is 2.71 bits per heavy atom. The summed E-state index contributed by atoms with van der Waals surface area (Å²) in [5.74, 6) is 0.291. The molecule has 0 bridgehead atoms. The summed E-state index contributed by atoms with van der Waals surface area (Å²) in [6, 6.07) is 5.15. The van der Waals surface area contributed by atoms with Crippen LogP contribution < -0.4 is 4.90 Å². The second-order valence-corrected chi connectivity index (χ2v) is 4.26. The molecule has 17 heavy (non-hydrogen) atoms. The summed E-state index contributed by atoms with van der Waals surface area (Å²) in [5.41, 5.74) is 1.55. The summed E-state index contributed by atoms with van der Waals surface area (Å²) < 4.78 is 0. The number of hydrogen-bond donors (Lipinski definition) is 0.